The molecule has 3 heteroatoms. The Labute approximate surface area is 143 Å². The number of ether oxygens (including phenoxy) is 1. The summed E-state index contributed by atoms with van der Waals surface area (Å²) in [5.41, 5.74) is 1.37. The van der Waals surface area contributed by atoms with Gasteiger partial charge in [0.05, 0.1) is 7.11 Å². The van der Waals surface area contributed by atoms with Crippen LogP contribution in [0.4, 0.5) is 0 Å². The van der Waals surface area contributed by atoms with Crippen molar-refractivity contribution in [3.05, 3.63) is 60.2 Å². The SMILES string of the molecule is COc1ccc(S[C@@H]2CCCC[C@H]2NCc2ccccc2)cc1. The molecule has 1 saturated carbocycles. The Morgan fingerprint density at radius 1 is 1.00 bits per heavy atom. The van der Waals surface area contributed by atoms with Crippen molar-refractivity contribution < 1.29 is 4.74 Å². The van der Waals surface area contributed by atoms with E-state index < -0.39 is 0 Å². The van der Waals surface area contributed by atoms with Gasteiger partial charge < -0.3 is 10.1 Å². The Hall–Kier alpha value is -1.45. The topological polar surface area (TPSA) is 21.3 Å². The zero-order chi connectivity index (χ0) is 15.9. The fourth-order valence-electron chi connectivity index (χ4n) is 3.15. The van der Waals surface area contributed by atoms with Gasteiger partial charge in [0.15, 0.2) is 0 Å². The van der Waals surface area contributed by atoms with E-state index in [0.29, 0.717) is 11.3 Å². The predicted molar refractivity (Wildman–Crippen MR) is 98.2 cm³/mol. The number of thioether (sulfide) groups is 1. The van der Waals surface area contributed by atoms with Crippen molar-refractivity contribution in [3.63, 3.8) is 0 Å². The zero-order valence-corrected chi connectivity index (χ0v) is 14.5. The fraction of sp³-hybridized carbons (Fsp3) is 0.400. The molecule has 1 aliphatic rings. The van der Waals surface area contributed by atoms with Crippen LogP contribution in [0.25, 0.3) is 0 Å². The van der Waals surface area contributed by atoms with Crippen LogP contribution in [0, 0.1) is 0 Å². The molecule has 2 aromatic carbocycles. The smallest absolute Gasteiger partial charge is 0.118 e. The highest BCUT2D eigenvalue weighted by Gasteiger charge is 2.25. The summed E-state index contributed by atoms with van der Waals surface area (Å²) < 4.78 is 5.25. The maximum absolute atomic E-state index is 5.25. The number of methoxy groups -OCH3 is 1. The summed E-state index contributed by atoms with van der Waals surface area (Å²) in [6.07, 6.45) is 5.26. The highest BCUT2D eigenvalue weighted by Crippen LogP contribution is 2.34. The van der Waals surface area contributed by atoms with Gasteiger partial charge in [0, 0.05) is 22.7 Å². The van der Waals surface area contributed by atoms with Gasteiger partial charge in [0.25, 0.3) is 0 Å². The molecule has 2 nitrogen and oxygen atoms in total. The second-order valence-electron chi connectivity index (χ2n) is 6.09. The lowest BCUT2D eigenvalue weighted by Crippen LogP contribution is -2.40. The summed E-state index contributed by atoms with van der Waals surface area (Å²) >= 11 is 2.01. The standard InChI is InChI=1S/C20H25NOS/c1-22-17-11-13-18(14-12-17)23-20-10-6-5-9-19(20)21-15-16-7-3-2-4-8-16/h2-4,7-8,11-14,19-21H,5-6,9-10,15H2,1H3/t19-,20-/m1/s1. The van der Waals surface area contributed by atoms with Gasteiger partial charge in [-0.1, -0.05) is 43.2 Å². The van der Waals surface area contributed by atoms with Crippen LogP contribution in [0.3, 0.4) is 0 Å². The maximum Gasteiger partial charge on any atom is 0.118 e. The van der Waals surface area contributed by atoms with Crippen LogP contribution >= 0.6 is 11.8 Å². The molecule has 0 heterocycles. The minimum Gasteiger partial charge on any atom is -0.497 e. The van der Waals surface area contributed by atoms with E-state index in [-0.39, 0.29) is 0 Å². The number of benzene rings is 2. The Kier molecular flexibility index (Phi) is 6.00. The van der Waals surface area contributed by atoms with Gasteiger partial charge in [-0.3, -0.25) is 0 Å². The molecular formula is C20H25NOS. The van der Waals surface area contributed by atoms with Gasteiger partial charge >= 0.3 is 0 Å². The van der Waals surface area contributed by atoms with Crippen LogP contribution in [0.2, 0.25) is 0 Å². The monoisotopic (exact) mass is 327 g/mol. The van der Waals surface area contributed by atoms with Gasteiger partial charge in [-0.25, -0.2) is 0 Å². The summed E-state index contributed by atoms with van der Waals surface area (Å²) in [7, 11) is 1.72. The Balaban J connectivity index is 1.59. The van der Waals surface area contributed by atoms with E-state index in [1.165, 1.54) is 36.1 Å². The molecule has 3 rings (SSSR count). The van der Waals surface area contributed by atoms with E-state index in [2.05, 4.69) is 59.9 Å². The van der Waals surface area contributed by atoms with Crippen LogP contribution in [0.15, 0.2) is 59.5 Å². The van der Waals surface area contributed by atoms with Gasteiger partial charge in [0.1, 0.15) is 5.75 Å². The first kappa shape index (κ1) is 16.4. The van der Waals surface area contributed by atoms with Crippen molar-refractivity contribution in [2.45, 2.75) is 48.4 Å². The van der Waals surface area contributed by atoms with Crippen LogP contribution in [-0.2, 0) is 6.54 Å². The number of rotatable bonds is 6. The van der Waals surface area contributed by atoms with Gasteiger partial charge in [-0.2, -0.15) is 0 Å². The highest BCUT2D eigenvalue weighted by atomic mass is 32.2. The van der Waals surface area contributed by atoms with E-state index in [0.717, 1.165) is 12.3 Å². The molecule has 23 heavy (non-hydrogen) atoms. The summed E-state index contributed by atoms with van der Waals surface area (Å²) in [4.78, 5) is 1.34. The van der Waals surface area contributed by atoms with Crippen molar-refractivity contribution in [2.75, 3.05) is 7.11 Å². The average Bonchev–Trinajstić information content (AvgIpc) is 2.62. The molecular weight excluding hydrogens is 302 g/mol. The highest BCUT2D eigenvalue weighted by molar-refractivity contribution is 8.00. The second-order valence-corrected chi connectivity index (χ2v) is 7.40. The number of hydrogen-bond donors (Lipinski definition) is 1. The summed E-state index contributed by atoms with van der Waals surface area (Å²) in [6, 6.07) is 19.7. The Morgan fingerprint density at radius 3 is 2.48 bits per heavy atom. The lowest BCUT2D eigenvalue weighted by molar-refractivity contribution is 0.382. The third-order valence-corrected chi connectivity index (χ3v) is 5.87. The minimum absolute atomic E-state index is 0.594. The van der Waals surface area contributed by atoms with E-state index in [4.69, 9.17) is 4.74 Å². The van der Waals surface area contributed by atoms with Crippen LogP contribution < -0.4 is 10.1 Å². The zero-order valence-electron chi connectivity index (χ0n) is 13.7. The molecule has 0 unspecified atom stereocenters. The van der Waals surface area contributed by atoms with Crippen LogP contribution in [0.1, 0.15) is 31.2 Å². The van der Waals surface area contributed by atoms with Gasteiger partial charge in [-0.05, 0) is 42.7 Å². The van der Waals surface area contributed by atoms with Crippen LogP contribution in [-0.4, -0.2) is 18.4 Å². The van der Waals surface area contributed by atoms with Crippen molar-refractivity contribution in [2.24, 2.45) is 0 Å². The molecule has 0 bridgehead atoms. The summed E-state index contributed by atoms with van der Waals surface area (Å²) in [6.45, 7) is 0.963. The molecule has 0 aliphatic heterocycles. The van der Waals surface area contributed by atoms with Gasteiger partial charge in [0.2, 0.25) is 0 Å². The first-order valence-electron chi connectivity index (χ1n) is 8.43. The first-order chi connectivity index (χ1) is 11.3. The molecule has 0 aromatic heterocycles. The molecule has 0 radical (unpaired) electrons. The summed E-state index contributed by atoms with van der Waals surface area (Å²) in [5.74, 6) is 0.928. The lowest BCUT2D eigenvalue weighted by Gasteiger charge is -2.32. The Bertz CT molecular complexity index is 584. The summed E-state index contributed by atoms with van der Waals surface area (Å²) in [5, 5.41) is 4.44. The molecule has 1 N–H and O–H groups in total. The van der Waals surface area contributed by atoms with E-state index in [9.17, 15) is 0 Å². The van der Waals surface area contributed by atoms with Crippen molar-refractivity contribution in [3.8, 4) is 5.75 Å². The molecule has 1 fully saturated rings. The van der Waals surface area contributed by atoms with E-state index >= 15 is 0 Å². The lowest BCUT2D eigenvalue weighted by atomic mass is 9.94. The van der Waals surface area contributed by atoms with E-state index in [1.54, 1.807) is 7.11 Å². The van der Waals surface area contributed by atoms with E-state index in [1.807, 2.05) is 11.8 Å². The molecule has 2 atom stereocenters. The molecule has 122 valence electrons. The number of hydrogen-bond acceptors (Lipinski definition) is 3. The quantitative estimate of drug-likeness (QED) is 0.816. The number of nitrogens with one attached hydrogen (secondary N) is 1. The maximum atomic E-state index is 5.25. The molecule has 1 aliphatic carbocycles. The normalized spacial score (nSPS) is 21.1. The first-order valence-corrected chi connectivity index (χ1v) is 9.31. The van der Waals surface area contributed by atoms with Crippen molar-refractivity contribution in [1.29, 1.82) is 0 Å². The molecule has 0 spiro atoms. The predicted octanol–water partition coefficient (Wildman–Crippen LogP) is 4.89. The average molecular weight is 327 g/mol. The Morgan fingerprint density at radius 2 is 1.74 bits per heavy atom. The molecule has 0 saturated heterocycles. The third-order valence-electron chi connectivity index (χ3n) is 4.46. The van der Waals surface area contributed by atoms with Crippen LogP contribution in [0.5, 0.6) is 5.75 Å². The second kappa shape index (κ2) is 8.42. The third kappa shape index (κ3) is 4.76. The molecule has 0 amide bonds. The fourth-order valence-corrected chi connectivity index (χ4v) is 4.47. The van der Waals surface area contributed by atoms with Crippen molar-refractivity contribution >= 4 is 11.8 Å². The van der Waals surface area contributed by atoms with Crippen molar-refractivity contribution in [1.82, 2.24) is 5.32 Å². The molecule has 2 aromatic rings. The minimum atomic E-state index is 0.594. The largest absolute Gasteiger partial charge is 0.497 e. The van der Waals surface area contributed by atoms with Gasteiger partial charge in [-0.15, -0.1) is 11.8 Å².